The number of hydrogen-bond acceptors (Lipinski definition) is 3. The number of benzene rings is 2. The van der Waals surface area contributed by atoms with Gasteiger partial charge in [0.1, 0.15) is 5.75 Å². The van der Waals surface area contributed by atoms with Crippen LogP contribution in [0.3, 0.4) is 0 Å². The average molecular weight is 302 g/mol. The van der Waals surface area contributed by atoms with Crippen molar-refractivity contribution in [2.45, 2.75) is 10.8 Å². The Kier molecular flexibility index (Phi) is 3.86. The van der Waals surface area contributed by atoms with Gasteiger partial charge in [0.25, 0.3) is 0 Å². The van der Waals surface area contributed by atoms with Gasteiger partial charge in [-0.1, -0.05) is 29.8 Å². The smallest absolute Gasteiger partial charge is 0.138 e. The van der Waals surface area contributed by atoms with Gasteiger partial charge in [0, 0.05) is 16.6 Å². The summed E-state index contributed by atoms with van der Waals surface area (Å²) in [5, 5.41) is 9.30. The van der Waals surface area contributed by atoms with Crippen LogP contribution in [0.5, 0.6) is 5.75 Å². The Morgan fingerprint density at radius 1 is 1.30 bits per heavy atom. The summed E-state index contributed by atoms with van der Waals surface area (Å²) in [7, 11) is 0. The first kappa shape index (κ1) is 13.4. The molecule has 1 aliphatic rings. The van der Waals surface area contributed by atoms with Gasteiger partial charge in [-0.05, 0) is 29.8 Å². The van der Waals surface area contributed by atoms with Gasteiger partial charge in [-0.3, -0.25) is 0 Å². The second-order valence-electron chi connectivity index (χ2n) is 4.61. The second kappa shape index (κ2) is 5.78. The maximum absolute atomic E-state index is 8.81. The molecule has 1 heterocycles. The van der Waals surface area contributed by atoms with Crippen LogP contribution in [0.1, 0.15) is 17.0 Å². The van der Waals surface area contributed by atoms with Gasteiger partial charge >= 0.3 is 0 Å². The van der Waals surface area contributed by atoms with Crippen LogP contribution in [0.4, 0.5) is 0 Å². The molecule has 0 fully saturated rings. The summed E-state index contributed by atoms with van der Waals surface area (Å²) < 4.78 is 5.82. The predicted octanol–water partition coefficient (Wildman–Crippen LogP) is 4.48. The average Bonchev–Trinajstić information content (AvgIpc) is 2.89. The first-order chi connectivity index (χ1) is 9.78. The van der Waals surface area contributed by atoms with Crippen LogP contribution in [0, 0.1) is 11.3 Å². The molecule has 0 spiro atoms. The molecule has 2 aromatic rings. The van der Waals surface area contributed by atoms with E-state index in [0.29, 0.717) is 28.9 Å². The SMILES string of the molecule is N#Cc1ccc(OCC2CSc3ccccc32)c(Cl)c1. The third kappa shape index (κ3) is 2.63. The fourth-order valence-corrected chi connectivity index (χ4v) is 3.71. The minimum atomic E-state index is 0.392. The molecule has 1 atom stereocenters. The molecule has 0 bridgehead atoms. The van der Waals surface area contributed by atoms with Crippen molar-refractivity contribution in [1.29, 1.82) is 5.26 Å². The molecule has 2 nitrogen and oxygen atoms in total. The summed E-state index contributed by atoms with van der Waals surface area (Å²) >= 11 is 7.98. The fraction of sp³-hybridized carbons (Fsp3) is 0.188. The molecular weight excluding hydrogens is 290 g/mol. The molecule has 2 aromatic carbocycles. The van der Waals surface area contributed by atoms with Crippen LogP contribution >= 0.6 is 23.4 Å². The van der Waals surface area contributed by atoms with E-state index in [0.717, 1.165) is 5.75 Å². The van der Waals surface area contributed by atoms with Crippen molar-refractivity contribution >= 4 is 23.4 Å². The zero-order valence-corrected chi connectivity index (χ0v) is 12.2. The summed E-state index contributed by atoms with van der Waals surface area (Å²) in [6.45, 7) is 0.607. The van der Waals surface area contributed by atoms with Gasteiger partial charge in [0.2, 0.25) is 0 Å². The molecule has 0 N–H and O–H groups in total. The number of thioether (sulfide) groups is 1. The summed E-state index contributed by atoms with van der Waals surface area (Å²) in [5.74, 6) is 2.07. The van der Waals surface area contributed by atoms with E-state index in [1.165, 1.54) is 10.5 Å². The molecule has 0 aliphatic carbocycles. The first-order valence-corrected chi connectivity index (χ1v) is 7.68. The van der Waals surface area contributed by atoms with Crippen LogP contribution in [0.25, 0.3) is 0 Å². The highest BCUT2D eigenvalue weighted by atomic mass is 35.5. The van der Waals surface area contributed by atoms with Gasteiger partial charge in [0.15, 0.2) is 0 Å². The molecule has 1 aliphatic heterocycles. The highest BCUT2D eigenvalue weighted by molar-refractivity contribution is 7.99. The molecular formula is C16H12ClNOS. The van der Waals surface area contributed by atoms with E-state index >= 15 is 0 Å². The summed E-state index contributed by atoms with van der Waals surface area (Å²) in [5.41, 5.74) is 1.89. The molecule has 0 amide bonds. The fourth-order valence-electron chi connectivity index (χ4n) is 2.25. The normalized spacial score (nSPS) is 16.5. The topological polar surface area (TPSA) is 33.0 Å². The number of halogens is 1. The molecule has 1 unspecified atom stereocenters. The van der Waals surface area contributed by atoms with E-state index in [-0.39, 0.29) is 0 Å². The van der Waals surface area contributed by atoms with Crippen molar-refractivity contribution in [3.05, 3.63) is 58.6 Å². The van der Waals surface area contributed by atoms with Crippen LogP contribution in [0.15, 0.2) is 47.4 Å². The van der Waals surface area contributed by atoms with E-state index in [1.54, 1.807) is 18.2 Å². The Morgan fingerprint density at radius 3 is 2.95 bits per heavy atom. The molecule has 0 saturated carbocycles. The largest absolute Gasteiger partial charge is 0.491 e. The van der Waals surface area contributed by atoms with Gasteiger partial charge in [-0.25, -0.2) is 0 Å². The molecule has 4 heteroatoms. The second-order valence-corrected chi connectivity index (χ2v) is 6.08. The van der Waals surface area contributed by atoms with E-state index in [1.807, 2.05) is 11.8 Å². The maximum Gasteiger partial charge on any atom is 0.138 e. The Morgan fingerprint density at radius 2 is 2.15 bits per heavy atom. The predicted molar refractivity (Wildman–Crippen MR) is 81.6 cm³/mol. The molecule has 0 aromatic heterocycles. The molecule has 3 rings (SSSR count). The summed E-state index contributed by atoms with van der Waals surface area (Å²) in [6.07, 6.45) is 0. The van der Waals surface area contributed by atoms with Crippen molar-refractivity contribution in [2.24, 2.45) is 0 Å². The monoisotopic (exact) mass is 301 g/mol. The quantitative estimate of drug-likeness (QED) is 0.838. The number of rotatable bonds is 3. The van der Waals surface area contributed by atoms with Gasteiger partial charge in [0.05, 0.1) is 23.3 Å². The Hall–Kier alpha value is -1.63. The van der Waals surface area contributed by atoms with Gasteiger partial charge in [-0.15, -0.1) is 11.8 Å². The lowest BCUT2D eigenvalue weighted by Crippen LogP contribution is -2.10. The number of nitriles is 1. The minimum absolute atomic E-state index is 0.392. The van der Waals surface area contributed by atoms with Gasteiger partial charge in [-0.2, -0.15) is 5.26 Å². The highest BCUT2D eigenvalue weighted by Gasteiger charge is 2.23. The number of nitrogens with zero attached hydrogens (tertiary/aromatic N) is 1. The lowest BCUT2D eigenvalue weighted by atomic mass is 10.0. The van der Waals surface area contributed by atoms with Gasteiger partial charge < -0.3 is 4.74 Å². The highest BCUT2D eigenvalue weighted by Crippen LogP contribution is 2.39. The number of fused-ring (bicyclic) bond motifs is 1. The number of hydrogen-bond donors (Lipinski definition) is 0. The van der Waals surface area contributed by atoms with Crippen LogP contribution < -0.4 is 4.74 Å². The van der Waals surface area contributed by atoms with Crippen molar-refractivity contribution in [1.82, 2.24) is 0 Å². The minimum Gasteiger partial charge on any atom is -0.491 e. The zero-order chi connectivity index (χ0) is 13.9. The first-order valence-electron chi connectivity index (χ1n) is 6.32. The van der Waals surface area contributed by atoms with Crippen LogP contribution in [-0.2, 0) is 0 Å². The van der Waals surface area contributed by atoms with Crippen molar-refractivity contribution in [2.75, 3.05) is 12.4 Å². The Balaban J connectivity index is 1.71. The van der Waals surface area contributed by atoms with Crippen LogP contribution in [-0.4, -0.2) is 12.4 Å². The molecule has 0 radical (unpaired) electrons. The van der Waals surface area contributed by atoms with Crippen LogP contribution in [0.2, 0.25) is 5.02 Å². The van der Waals surface area contributed by atoms with E-state index < -0.39 is 0 Å². The van der Waals surface area contributed by atoms with Crippen molar-refractivity contribution in [3.63, 3.8) is 0 Å². The van der Waals surface area contributed by atoms with E-state index in [2.05, 4.69) is 30.3 Å². The standard InChI is InChI=1S/C16H12ClNOS/c17-14-7-11(8-18)5-6-15(14)19-9-12-10-20-16-4-2-1-3-13(12)16/h1-7,12H,9-10H2. The summed E-state index contributed by atoms with van der Waals surface area (Å²) in [4.78, 5) is 1.34. The third-order valence-electron chi connectivity index (χ3n) is 3.30. The maximum atomic E-state index is 8.81. The lowest BCUT2D eigenvalue weighted by Gasteiger charge is -2.13. The summed E-state index contributed by atoms with van der Waals surface area (Å²) in [6, 6.07) is 15.6. The lowest BCUT2D eigenvalue weighted by molar-refractivity contribution is 0.298. The van der Waals surface area contributed by atoms with Crippen molar-refractivity contribution < 1.29 is 4.74 Å². The van der Waals surface area contributed by atoms with Crippen molar-refractivity contribution in [3.8, 4) is 11.8 Å². The van der Waals surface area contributed by atoms with E-state index in [4.69, 9.17) is 21.6 Å². The Labute approximate surface area is 127 Å². The molecule has 100 valence electrons. The van der Waals surface area contributed by atoms with E-state index in [9.17, 15) is 0 Å². The Bertz CT molecular complexity index is 680. The third-order valence-corrected chi connectivity index (χ3v) is 4.85. The zero-order valence-electron chi connectivity index (χ0n) is 10.7. The molecule has 0 saturated heterocycles. The molecule has 20 heavy (non-hydrogen) atoms. The number of ether oxygens (including phenoxy) is 1.